The summed E-state index contributed by atoms with van der Waals surface area (Å²) in [6.45, 7) is 7.53. The Hall–Kier alpha value is -1.62. The maximum Gasteiger partial charge on any atom is 0.272 e. The van der Waals surface area contributed by atoms with Gasteiger partial charge in [0.25, 0.3) is 5.91 Å². The molecule has 20 heavy (non-hydrogen) atoms. The maximum atomic E-state index is 12.5. The number of nitrogens with one attached hydrogen (secondary N) is 1. The lowest BCUT2D eigenvalue weighted by molar-refractivity contribution is 0.0687. The third-order valence-electron chi connectivity index (χ3n) is 3.00. The zero-order valence-electron chi connectivity index (χ0n) is 12.6. The minimum atomic E-state index is -0.0893. The number of aromatic nitrogens is 1. The Morgan fingerprint density at radius 2 is 2.25 bits per heavy atom. The molecule has 112 valence electrons. The van der Waals surface area contributed by atoms with Crippen molar-refractivity contribution in [3.8, 4) is 0 Å². The summed E-state index contributed by atoms with van der Waals surface area (Å²) < 4.78 is 0. The molecule has 1 rings (SSSR count). The fourth-order valence-corrected chi connectivity index (χ4v) is 1.91. The van der Waals surface area contributed by atoms with Gasteiger partial charge in [0.1, 0.15) is 5.69 Å². The quantitative estimate of drug-likeness (QED) is 0.765. The molecular formula is C15H25N3O2. The van der Waals surface area contributed by atoms with E-state index in [1.807, 2.05) is 19.9 Å². The summed E-state index contributed by atoms with van der Waals surface area (Å²) in [6.07, 6.45) is 3.26. The molecule has 1 amide bonds. The number of hydrogen-bond donors (Lipinski definition) is 2. The van der Waals surface area contributed by atoms with E-state index in [0.717, 1.165) is 18.7 Å². The monoisotopic (exact) mass is 279 g/mol. The summed E-state index contributed by atoms with van der Waals surface area (Å²) in [5, 5.41) is 12.2. The van der Waals surface area contributed by atoms with Crippen molar-refractivity contribution in [2.24, 2.45) is 0 Å². The van der Waals surface area contributed by atoms with E-state index in [4.69, 9.17) is 5.11 Å². The molecule has 1 aromatic rings. The topological polar surface area (TPSA) is 65.5 Å². The van der Waals surface area contributed by atoms with Crippen LogP contribution in [0.4, 0.5) is 5.69 Å². The van der Waals surface area contributed by atoms with Gasteiger partial charge in [-0.15, -0.1) is 0 Å². The van der Waals surface area contributed by atoms with Gasteiger partial charge in [-0.2, -0.15) is 0 Å². The van der Waals surface area contributed by atoms with Gasteiger partial charge >= 0.3 is 0 Å². The summed E-state index contributed by atoms with van der Waals surface area (Å²) in [5.74, 6) is -0.0893. The number of pyridine rings is 1. The first-order chi connectivity index (χ1) is 9.60. The summed E-state index contributed by atoms with van der Waals surface area (Å²) in [6, 6.07) is 3.73. The molecular weight excluding hydrogens is 254 g/mol. The molecule has 0 bridgehead atoms. The van der Waals surface area contributed by atoms with E-state index in [2.05, 4.69) is 17.2 Å². The highest BCUT2D eigenvalue weighted by molar-refractivity contribution is 5.93. The number of nitrogens with zero attached hydrogens (tertiary/aromatic N) is 2. The average molecular weight is 279 g/mol. The molecule has 2 N–H and O–H groups in total. The lowest BCUT2D eigenvalue weighted by Crippen LogP contribution is -2.38. The summed E-state index contributed by atoms with van der Waals surface area (Å²) in [7, 11) is 0. The third-order valence-corrected chi connectivity index (χ3v) is 3.00. The van der Waals surface area contributed by atoms with Gasteiger partial charge in [0, 0.05) is 37.6 Å². The van der Waals surface area contributed by atoms with Crippen LogP contribution >= 0.6 is 0 Å². The van der Waals surface area contributed by atoms with Crippen LogP contribution in [0.15, 0.2) is 18.3 Å². The number of amides is 1. The van der Waals surface area contributed by atoms with Gasteiger partial charge in [0.15, 0.2) is 0 Å². The molecule has 0 aliphatic rings. The van der Waals surface area contributed by atoms with Crippen molar-refractivity contribution in [1.82, 2.24) is 9.88 Å². The largest absolute Gasteiger partial charge is 0.396 e. The Labute approximate surface area is 121 Å². The van der Waals surface area contributed by atoms with Crippen molar-refractivity contribution in [1.29, 1.82) is 0 Å². The van der Waals surface area contributed by atoms with Crippen LogP contribution in [0.2, 0.25) is 0 Å². The molecule has 0 radical (unpaired) electrons. The number of aliphatic hydroxyl groups is 1. The van der Waals surface area contributed by atoms with Crippen LogP contribution < -0.4 is 5.32 Å². The molecule has 0 saturated heterocycles. The Morgan fingerprint density at radius 3 is 2.85 bits per heavy atom. The average Bonchev–Trinajstić information content (AvgIpc) is 2.45. The van der Waals surface area contributed by atoms with Crippen LogP contribution in [0, 0.1) is 0 Å². The van der Waals surface area contributed by atoms with Crippen molar-refractivity contribution in [3.63, 3.8) is 0 Å². The SMILES string of the molecule is CCCNc1ccnc(C(=O)N(CCCO)C(C)C)c1. The normalized spacial score (nSPS) is 10.7. The Bertz CT molecular complexity index is 421. The molecule has 0 aromatic carbocycles. The van der Waals surface area contributed by atoms with E-state index in [9.17, 15) is 4.79 Å². The lowest BCUT2D eigenvalue weighted by Gasteiger charge is -2.26. The molecule has 1 aromatic heterocycles. The van der Waals surface area contributed by atoms with E-state index in [1.54, 1.807) is 17.2 Å². The first kappa shape index (κ1) is 16.4. The highest BCUT2D eigenvalue weighted by atomic mass is 16.3. The highest BCUT2D eigenvalue weighted by Gasteiger charge is 2.19. The van der Waals surface area contributed by atoms with Gasteiger partial charge in [-0.25, -0.2) is 0 Å². The van der Waals surface area contributed by atoms with Crippen molar-refractivity contribution in [3.05, 3.63) is 24.0 Å². The fraction of sp³-hybridized carbons (Fsp3) is 0.600. The highest BCUT2D eigenvalue weighted by Crippen LogP contribution is 2.12. The molecule has 0 aliphatic carbocycles. The van der Waals surface area contributed by atoms with Crippen LogP contribution in [0.1, 0.15) is 44.1 Å². The number of rotatable bonds is 8. The molecule has 0 atom stereocenters. The Morgan fingerprint density at radius 1 is 1.50 bits per heavy atom. The number of anilines is 1. The predicted octanol–water partition coefficient (Wildman–Crippen LogP) is 2.14. The fourth-order valence-electron chi connectivity index (χ4n) is 1.91. The molecule has 5 heteroatoms. The number of carbonyl (C=O) groups excluding carboxylic acids is 1. The second-order valence-electron chi connectivity index (χ2n) is 5.03. The van der Waals surface area contributed by atoms with Gasteiger partial charge in [0.2, 0.25) is 0 Å². The van der Waals surface area contributed by atoms with E-state index < -0.39 is 0 Å². The smallest absolute Gasteiger partial charge is 0.272 e. The van der Waals surface area contributed by atoms with E-state index in [1.165, 1.54) is 0 Å². The van der Waals surface area contributed by atoms with Crippen LogP contribution in [-0.2, 0) is 0 Å². The minimum Gasteiger partial charge on any atom is -0.396 e. The molecule has 0 fully saturated rings. The number of hydrogen-bond acceptors (Lipinski definition) is 4. The second kappa shape index (κ2) is 8.53. The molecule has 1 heterocycles. The summed E-state index contributed by atoms with van der Waals surface area (Å²) in [4.78, 5) is 18.4. The van der Waals surface area contributed by atoms with Gasteiger partial charge in [-0.3, -0.25) is 9.78 Å². The third kappa shape index (κ3) is 4.81. The van der Waals surface area contributed by atoms with Gasteiger partial charge in [0.05, 0.1) is 0 Å². The van der Waals surface area contributed by atoms with Gasteiger partial charge < -0.3 is 15.3 Å². The van der Waals surface area contributed by atoms with Crippen molar-refractivity contribution in [2.75, 3.05) is 25.0 Å². The van der Waals surface area contributed by atoms with E-state index in [0.29, 0.717) is 18.7 Å². The Kier molecular flexibility index (Phi) is 7.01. The summed E-state index contributed by atoms with van der Waals surface area (Å²) >= 11 is 0. The zero-order valence-corrected chi connectivity index (χ0v) is 12.6. The molecule has 0 aliphatic heterocycles. The standard InChI is InChI=1S/C15H25N3O2/c1-4-7-16-13-6-8-17-14(11-13)15(20)18(12(2)3)9-5-10-19/h6,8,11-12,19H,4-5,7,9-10H2,1-3H3,(H,16,17). The molecule has 0 unspecified atom stereocenters. The molecule has 0 saturated carbocycles. The number of aliphatic hydroxyl groups excluding tert-OH is 1. The van der Waals surface area contributed by atoms with Crippen molar-refractivity contribution < 1.29 is 9.90 Å². The zero-order chi connectivity index (χ0) is 15.0. The predicted molar refractivity (Wildman–Crippen MR) is 80.9 cm³/mol. The second-order valence-corrected chi connectivity index (χ2v) is 5.03. The van der Waals surface area contributed by atoms with Crippen LogP contribution in [0.25, 0.3) is 0 Å². The maximum absolute atomic E-state index is 12.5. The summed E-state index contributed by atoms with van der Waals surface area (Å²) in [5.41, 5.74) is 1.36. The molecule has 5 nitrogen and oxygen atoms in total. The Balaban J connectivity index is 2.82. The van der Waals surface area contributed by atoms with Crippen LogP contribution in [-0.4, -0.2) is 46.6 Å². The van der Waals surface area contributed by atoms with Gasteiger partial charge in [-0.1, -0.05) is 6.92 Å². The van der Waals surface area contributed by atoms with Gasteiger partial charge in [-0.05, 0) is 38.8 Å². The van der Waals surface area contributed by atoms with Crippen molar-refractivity contribution >= 4 is 11.6 Å². The van der Waals surface area contributed by atoms with Crippen LogP contribution in [0.3, 0.4) is 0 Å². The lowest BCUT2D eigenvalue weighted by atomic mass is 10.2. The first-order valence-corrected chi connectivity index (χ1v) is 7.21. The van der Waals surface area contributed by atoms with E-state index in [-0.39, 0.29) is 18.6 Å². The molecule has 0 spiro atoms. The minimum absolute atomic E-state index is 0.0853. The van der Waals surface area contributed by atoms with Crippen molar-refractivity contribution in [2.45, 2.75) is 39.7 Å². The number of carbonyl (C=O) groups is 1. The van der Waals surface area contributed by atoms with E-state index >= 15 is 0 Å². The van der Waals surface area contributed by atoms with Crippen LogP contribution in [0.5, 0.6) is 0 Å². The first-order valence-electron chi connectivity index (χ1n) is 7.21.